The summed E-state index contributed by atoms with van der Waals surface area (Å²) in [6.45, 7) is 4.57. The van der Waals surface area contributed by atoms with Gasteiger partial charge in [-0.15, -0.1) is 0 Å². The minimum Gasteiger partial charge on any atom is -0.356 e. The molecule has 0 heterocycles. The van der Waals surface area contributed by atoms with E-state index < -0.39 is 0 Å². The van der Waals surface area contributed by atoms with Gasteiger partial charge in [0, 0.05) is 18.1 Å². The van der Waals surface area contributed by atoms with Gasteiger partial charge in [0.05, 0.1) is 5.41 Å². The Labute approximate surface area is 85.3 Å². The highest BCUT2D eigenvalue weighted by Gasteiger charge is 2.33. The molecule has 4 heteroatoms. The summed E-state index contributed by atoms with van der Waals surface area (Å²) >= 11 is 8.37. The number of amides is 1. The molecule has 2 nitrogen and oxygen atoms in total. The quantitative estimate of drug-likeness (QED) is 0.584. The Kier molecular flexibility index (Phi) is 5.84. The summed E-state index contributed by atoms with van der Waals surface area (Å²) in [6, 6.07) is 0. The molecule has 0 aliphatic heterocycles. The summed E-state index contributed by atoms with van der Waals surface area (Å²) in [5.41, 5.74) is -0.387. The molecule has 0 aliphatic rings. The highest BCUT2D eigenvalue weighted by Crippen LogP contribution is 2.25. The predicted molar refractivity (Wildman–Crippen MR) is 59.1 cm³/mol. The molecule has 1 N–H and O–H groups in total. The highest BCUT2D eigenvalue weighted by atomic mass is 32.1. The van der Waals surface area contributed by atoms with Crippen molar-refractivity contribution in [1.82, 2.24) is 5.32 Å². The first kappa shape index (κ1) is 12.2. The van der Waals surface area contributed by atoms with E-state index in [4.69, 9.17) is 0 Å². The third kappa shape index (κ3) is 2.59. The maximum atomic E-state index is 11.5. The van der Waals surface area contributed by atoms with Gasteiger partial charge >= 0.3 is 0 Å². The first-order valence-electron chi connectivity index (χ1n) is 4.17. The van der Waals surface area contributed by atoms with Crippen LogP contribution in [0.5, 0.6) is 0 Å². The molecular weight excluding hydrogens is 190 g/mol. The molecule has 0 aromatic carbocycles. The first-order valence-corrected chi connectivity index (χ1v) is 5.43. The van der Waals surface area contributed by atoms with Crippen LogP contribution in [-0.4, -0.2) is 24.0 Å². The number of carbonyl (C=O) groups excluding carboxylic acids is 1. The van der Waals surface area contributed by atoms with E-state index in [1.165, 1.54) is 0 Å². The van der Waals surface area contributed by atoms with E-state index in [2.05, 4.69) is 30.6 Å². The average molecular weight is 207 g/mol. The molecule has 0 atom stereocenters. The third-order valence-electron chi connectivity index (χ3n) is 2.10. The molecular formula is C8H17NOS2. The van der Waals surface area contributed by atoms with Gasteiger partial charge in [-0.05, 0) is 13.3 Å². The fraction of sp³-hybridized carbons (Fsp3) is 0.875. The number of nitrogens with one attached hydrogen (secondary N) is 1. The maximum Gasteiger partial charge on any atom is 0.227 e. The van der Waals surface area contributed by atoms with Crippen molar-refractivity contribution in [2.75, 3.05) is 18.1 Å². The van der Waals surface area contributed by atoms with Gasteiger partial charge < -0.3 is 5.32 Å². The Balaban J connectivity index is 4.36. The van der Waals surface area contributed by atoms with Crippen LogP contribution in [0.25, 0.3) is 0 Å². The minimum absolute atomic E-state index is 0.0671. The van der Waals surface area contributed by atoms with Gasteiger partial charge in [0.25, 0.3) is 0 Å². The Morgan fingerprint density at radius 2 is 1.83 bits per heavy atom. The highest BCUT2D eigenvalue weighted by molar-refractivity contribution is 7.81. The molecule has 0 bridgehead atoms. The third-order valence-corrected chi connectivity index (χ3v) is 3.31. The van der Waals surface area contributed by atoms with E-state index in [0.717, 1.165) is 6.42 Å². The van der Waals surface area contributed by atoms with Crippen LogP contribution >= 0.6 is 25.3 Å². The standard InChI is InChI=1S/C8H17NOS2/c1-3-8(5-11,6-12)7(10)9-4-2/h11-12H,3-6H2,1-2H3,(H,9,10). The molecule has 0 aliphatic carbocycles. The second kappa shape index (κ2) is 5.75. The second-order valence-electron chi connectivity index (χ2n) is 2.81. The molecule has 12 heavy (non-hydrogen) atoms. The summed E-state index contributed by atoms with van der Waals surface area (Å²) in [5, 5.41) is 2.80. The monoisotopic (exact) mass is 207 g/mol. The van der Waals surface area contributed by atoms with Crippen molar-refractivity contribution in [2.24, 2.45) is 5.41 Å². The molecule has 0 saturated heterocycles. The van der Waals surface area contributed by atoms with Crippen molar-refractivity contribution in [3.63, 3.8) is 0 Å². The van der Waals surface area contributed by atoms with Gasteiger partial charge in [-0.2, -0.15) is 25.3 Å². The van der Waals surface area contributed by atoms with Crippen LogP contribution in [0.4, 0.5) is 0 Å². The lowest BCUT2D eigenvalue weighted by atomic mass is 9.88. The molecule has 0 spiro atoms. The van der Waals surface area contributed by atoms with Crippen molar-refractivity contribution < 1.29 is 4.79 Å². The van der Waals surface area contributed by atoms with Crippen LogP contribution in [0, 0.1) is 5.41 Å². The van der Waals surface area contributed by atoms with E-state index >= 15 is 0 Å². The molecule has 0 saturated carbocycles. The molecule has 0 radical (unpaired) electrons. The zero-order valence-electron chi connectivity index (χ0n) is 7.63. The molecule has 0 fully saturated rings. The largest absolute Gasteiger partial charge is 0.356 e. The van der Waals surface area contributed by atoms with Crippen molar-refractivity contribution in [3.8, 4) is 0 Å². The zero-order chi connectivity index (χ0) is 9.61. The SMILES string of the molecule is CCNC(=O)C(CC)(CS)CS. The number of rotatable bonds is 5. The lowest BCUT2D eigenvalue weighted by Crippen LogP contribution is -2.43. The van der Waals surface area contributed by atoms with Crippen LogP contribution in [-0.2, 0) is 4.79 Å². The molecule has 0 unspecified atom stereocenters. The molecule has 72 valence electrons. The maximum absolute atomic E-state index is 11.5. The Morgan fingerprint density at radius 3 is 2.08 bits per heavy atom. The zero-order valence-corrected chi connectivity index (χ0v) is 9.42. The predicted octanol–water partition coefficient (Wildman–Crippen LogP) is 1.38. The van der Waals surface area contributed by atoms with Gasteiger partial charge in [-0.25, -0.2) is 0 Å². The van der Waals surface area contributed by atoms with Crippen LogP contribution in [0.2, 0.25) is 0 Å². The summed E-state index contributed by atoms with van der Waals surface area (Å²) in [5.74, 6) is 1.18. The molecule has 0 aromatic heterocycles. The molecule has 0 rings (SSSR count). The Bertz CT molecular complexity index is 138. The van der Waals surface area contributed by atoms with Crippen LogP contribution in [0.15, 0.2) is 0 Å². The second-order valence-corrected chi connectivity index (χ2v) is 3.44. The van der Waals surface area contributed by atoms with Gasteiger partial charge in [-0.1, -0.05) is 6.92 Å². The smallest absolute Gasteiger partial charge is 0.227 e. The van der Waals surface area contributed by atoms with Crippen molar-refractivity contribution >= 4 is 31.2 Å². The van der Waals surface area contributed by atoms with Gasteiger partial charge in [0.15, 0.2) is 0 Å². The minimum atomic E-state index is -0.387. The summed E-state index contributed by atoms with van der Waals surface area (Å²) < 4.78 is 0. The van der Waals surface area contributed by atoms with Crippen molar-refractivity contribution in [2.45, 2.75) is 20.3 Å². The fourth-order valence-electron chi connectivity index (χ4n) is 0.926. The molecule has 1 amide bonds. The van der Waals surface area contributed by atoms with Crippen LogP contribution in [0.3, 0.4) is 0 Å². The van der Waals surface area contributed by atoms with E-state index in [1.807, 2.05) is 13.8 Å². The lowest BCUT2D eigenvalue weighted by Gasteiger charge is -2.27. The van der Waals surface area contributed by atoms with Crippen molar-refractivity contribution in [3.05, 3.63) is 0 Å². The van der Waals surface area contributed by atoms with Gasteiger partial charge in [0.1, 0.15) is 0 Å². The van der Waals surface area contributed by atoms with E-state index in [-0.39, 0.29) is 11.3 Å². The Morgan fingerprint density at radius 1 is 1.33 bits per heavy atom. The van der Waals surface area contributed by atoms with E-state index in [1.54, 1.807) is 0 Å². The van der Waals surface area contributed by atoms with E-state index in [9.17, 15) is 4.79 Å². The summed E-state index contributed by atoms with van der Waals surface area (Å²) in [7, 11) is 0. The molecule has 0 aromatic rings. The number of hydrogen-bond donors (Lipinski definition) is 3. The Hall–Kier alpha value is 0.170. The average Bonchev–Trinajstić information content (AvgIpc) is 2.09. The summed E-state index contributed by atoms with van der Waals surface area (Å²) in [6.07, 6.45) is 0.784. The van der Waals surface area contributed by atoms with Crippen molar-refractivity contribution in [1.29, 1.82) is 0 Å². The van der Waals surface area contributed by atoms with Crippen LogP contribution < -0.4 is 5.32 Å². The topological polar surface area (TPSA) is 29.1 Å². The lowest BCUT2D eigenvalue weighted by molar-refractivity contribution is -0.128. The number of carbonyl (C=O) groups is 1. The van der Waals surface area contributed by atoms with Crippen LogP contribution in [0.1, 0.15) is 20.3 Å². The number of hydrogen-bond acceptors (Lipinski definition) is 3. The normalized spacial score (nSPS) is 11.3. The van der Waals surface area contributed by atoms with E-state index in [0.29, 0.717) is 18.1 Å². The fourth-order valence-corrected chi connectivity index (χ4v) is 2.06. The summed E-state index contributed by atoms with van der Waals surface area (Å²) in [4.78, 5) is 11.5. The van der Waals surface area contributed by atoms with Gasteiger partial charge in [0.2, 0.25) is 5.91 Å². The number of thiol groups is 2. The van der Waals surface area contributed by atoms with Gasteiger partial charge in [-0.3, -0.25) is 4.79 Å². The first-order chi connectivity index (χ1) is 5.66.